The highest BCUT2D eigenvalue weighted by Gasteiger charge is 2.30. The maximum atomic E-state index is 11.6. The number of hydrogen-bond acceptors (Lipinski definition) is 5. The van der Waals surface area contributed by atoms with E-state index in [2.05, 4.69) is 16.1 Å². The van der Waals surface area contributed by atoms with Crippen LogP contribution in [0.25, 0.3) is 0 Å². The number of benzene rings is 1. The SMILES string of the molecule is [B]C([B])COc1ccccc1C1CCC(OC[C@@H]2NCCC[C@@H]2NS(C)(=O)=O)CC1. The minimum absolute atomic E-state index is 0.0146. The fourth-order valence-electron chi connectivity index (χ4n) is 4.46. The number of sulfonamides is 1. The van der Waals surface area contributed by atoms with Gasteiger partial charge in [0.15, 0.2) is 0 Å². The molecule has 0 spiro atoms. The zero-order valence-electron chi connectivity index (χ0n) is 17.8. The molecule has 1 aliphatic heterocycles. The summed E-state index contributed by atoms with van der Waals surface area (Å²) >= 11 is 0. The van der Waals surface area contributed by atoms with Crippen molar-refractivity contribution < 1.29 is 17.9 Å². The second-order valence-corrected chi connectivity index (χ2v) is 10.3. The summed E-state index contributed by atoms with van der Waals surface area (Å²) in [6.07, 6.45) is 7.23. The van der Waals surface area contributed by atoms with E-state index < -0.39 is 15.7 Å². The minimum atomic E-state index is -3.23. The van der Waals surface area contributed by atoms with Gasteiger partial charge in [0.25, 0.3) is 0 Å². The molecule has 2 fully saturated rings. The third-order valence-corrected chi connectivity index (χ3v) is 6.66. The van der Waals surface area contributed by atoms with E-state index in [-0.39, 0.29) is 18.2 Å². The largest absolute Gasteiger partial charge is 0.495 e. The Bertz CT molecular complexity index is 770. The second-order valence-electron chi connectivity index (χ2n) is 8.52. The molecule has 1 saturated heterocycles. The van der Waals surface area contributed by atoms with Gasteiger partial charge in [-0.25, -0.2) is 13.1 Å². The lowest BCUT2D eigenvalue weighted by molar-refractivity contribution is 0.00511. The third kappa shape index (κ3) is 7.29. The Labute approximate surface area is 183 Å². The summed E-state index contributed by atoms with van der Waals surface area (Å²) in [6, 6.07) is 8.01. The summed E-state index contributed by atoms with van der Waals surface area (Å²) in [5.74, 6) is 1.30. The van der Waals surface area contributed by atoms with Crippen molar-refractivity contribution in [3.05, 3.63) is 29.8 Å². The summed E-state index contributed by atoms with van der Waals surface area (Å²) in [4.78, 5) is 0. The molecule has 3 rings (SSSR count). The van der Waals surface area contributed by atoms with Crippen molar-refractivity contribution >= 4 is 25.7 Å². The van der Waals surface area contributed by atoms with Crippen molar-refractivity contribution in [2.24, 2.45) is 0 Å². The van der Waals surface area contributed by atoms with E-state index >= 15 is 0 Å². The topological polar surface area (TPSA) is 76.7 Å². The van der Waals surface area contributed by atoms with Gasteiger partial charge in [0.05, 0.1) is 41.3 Å². The van der Waals surface area contributed by atoms with Gasteiger partial charge in [-0.3, -0.25) is 0 Å². The average molecular weight is 430 g/mol. The molecule has 0 amide bonds. The number of hydrogen-bond donors (Lipinski definition) is 2. The first-order chi connectivity index (χ1) is 14.3. The van der Waals surface area contributed by atoms with Gasteiger partial charge in [-0.2, -0.15) is 0 Å². The van der Waals surface area contributed by atoms with Crippen molar-refractivity contribution in [1.29, 1.82) is 0 Å². The Hall–Kier alpha value is -1.02. The lowest BCUT2D eigenvalue weighted by Gasteiger charge is -2.35. The van der Waals surface area contributed by atoms with Crippen molar-refractivity contribution in [1.82, 2.24) is 10.0 Å². The van der Waals surface area contributed by atoms with Gasteiger partial charge in [-0.15, -0.1) is 0 Å². The molecular formula is C21H32B2N2O4S. The highest BCUT2D eigenvalue weighted by molar-refractivity contribution is 7.88. The van der Waals surface area contributed by atoms with Gasteiger partial charge in [0, 0.05) is 12.1 Å². The molecular weight excluding hydrogens is 398 g/mol. The van der Waals surface area contributed by atoms with Crippen LogP contribution in [0.2, 0.25) is 5.72 Å². The number of para-hydroxylation sites is 1. The van der Waals surface area contributed by atoms with Gasteiger partial charge in [-0.1, -0.05) is 23.9 Å². The lowest BCUT2D eigenvalue weighted by Crippen LogP contribution is -2.55. The van der Waals surface area contributed by atoms with E-state index in [0.29, 0.717) is 19.1 Å². The first kappa shape index (κ1) is 23.6. The molecule has 0 aromatic heterocycles. The van der Waals surface area contributed by atoms with Crippen molar-refractivity contribution in [2.45, 2.75) is 68.3 Å². The fourth-order valence-corrected chi connectivity index (χ4v) is 5.29. The van der Waals surface area contributed by atoms with Gasteiger partial charge in [-0.05, 0) is 62.6 Å². The number of piperidine rings is 1. The molecule has 9 heteroatoms. The normalized spacial score (nSPS) is 27.8. The van der Waals surface area contributed by atoms with E-state index in [4.69, 9.17) is 25.2 Å². The number of rotatable bonds is 9. The van der Waals surface area contributed by atoms with Crippen LogP contribution in [-0.4, -0.2) is 68.3 Å². The summed E-state index contributed by atoms with van der Waals surface area (Å²) in [5, 5.41) is 3.41. The predicted molar refractivity (Wildman–Crippen MR) is 121 cm³/mol. The van der Waals surface area contributed by atoms with Crippen LogP contribution < -0.4 is 14.8 Å². The van der Waals surface area contributed by atoms with Crippen LogP contribution in [0.1, 0.15) is 50.0 Å². The first-order valence-corrected chi connectivity index (χ1v) is 12.8. The second kappa shape index (κ2) is 11.0. The molecule has 0 bridgehead atoms. The van der Waals surface area contributed by atoms with Crippen LogP contribution in [0, 0.1) is 0 Å². The average Bonchev–Trinajstić information content (AvgIpc) is 2.71. The van der Waals surface area contributed by atoms with Crippen molar-refractivity contribution in [3.63, 3.8) is 0 Å². The van der Waals surface area contributed by atoms with Gasteiger partial charge in [0.2, 0.25) is 10.0 Å². The Kier molecular flexibility index (Phi) is 8.69. The standard InChI is InChI=1S/C21H32B2N2O4S/c1-30(26,27)25-18-6-4-12-24-19(18)13-28-16-10-8-15(9-11-16)17-5-2-3-7-20(17)29-14-21(22)23/h2-3,5,7,15-16,18-19,21,24-25H,4,6,8-14H2,1H3/t15?,16?,18-,19-/m0/s1. The van der Waals surface area contributed by atoms with Crippen LogP contribution >= 0.6 is 0 Å². The van der Waals surface area contributed by atoms with Gasteiger partial charge in [0.1, 0.15) is 5.75 Å². The Morgan fingerprint density at radius 1 is 1.17 bits per heavy atom. The molecule has 1 saturated carbocycles. The molecule has 30 heavy (non-hydrogen) atoms. The fraction of sp³-hybridized carbons (Fsp3) is 0.714. The monoisotopic (exact) mass is 430 g/mol. The zero-order chi connectivity index (χ0) is 21.6. The number of ether oxygens (including phenoxy) is 2. The van der Waals surface area contributed by atoms with Gasteiger partial charge < -0.3 is 14.8 Å². The van der Waals surface area contributed by atoms with E-state index in [1.807, 2.05) is 18.2 Å². The molecule has 1 aromatic rings. The zero-order valence-corrected chi connectivity index (χ0v) is 18.6. The molecule has 4 radical (unpaired) electrons. The van der Waals surface area contributed by atoms with Gasteiger partial charge >= 0.3 is 0 Å². The molecule has 2 atom stereocenters. The van der Waals surface area contributed by atoms with E-state index in [1.165, 1.54) is 11.8 Å². The Balaban J connectivity index is 1.49. The lowest BCUT2D eigenvalue weighted by atomic mass is 9.72. The predicted octanol–water partition coefficient (Wildman–Crippen LogP) is 1.86. The Morgan fingerprint density at radius 2 is 1.90 bits per heavy atom. The highest BCUT2D eigenvalue weighted by Crippen LogP contribution is 2.38. The third-order valence-electron chi connectivity index (χ3n) is 5.93. The van der Waals surface area contributed by atoms with Crippen molar-refractivity contribution in [3.8, 4) is 5.75 Å². The molecule has 1 aromatic carbocycles. The van der Waals surface area contributed by atoms with E-state index in [9.17, 15) is 8.42 Å². The summed E-state index contributed by atoms with van der Waals surface area (Å²) in [7, 11) is 8.01. The minimum Gasteiger partial charge on any atom is -0.495 e. The van der Waals surface area contributed by atoms with Crippen LogP contribution in [0.3, 0.4) is 0 Å². The maximum Gasteiger partial charge on any atom is 0.209 e. The van der Waals surface area contributed by atoms with Crippen molar-refractivity contribution in [2.75, 3.05) is 26.0 Å². The highest BCUT2D eigenvalue weighted by atomic mass is 32.2. The molecule has 162 valence electrons. The van der Waals surface area contributed by atoms with Crippen LogP contribution in [-0.2, 0) is 14.8 Å². The Morgan fingerprint density at radius 3 is 2.60 bits per heavy atom. The first-order valence-electron chi connectivity index (χ1n) is 10.9. The molecule has 1 aliphatic carbocycles. The molecule has 2 N–H and O–H groups in total. The van der Waals surface area contributed by atoms with Crippen LogP contribution in [0.5, 0.6) is 5.75 Å². The summed E-state index contributed by atoms with van der Waals surface area (Å²) < 4.78 is 38.0. The van der Waals surface area contributed by atoms with E-state index in [1.54, 1.807) is 0 Å². The molecule has 2 aliphatic rings. The molecule has 6 nitrogen and oxygen atoms in total. The summed E-state index contributed by atoms with van der Waals surface area (Å²) in [5.41, 5.74) is 0.722. The summed E-state index contributed by atoms with van der Waals surface area (Å²) in [6.45, 7) is 1.72. The maximum absolute atomic E-state index is 11.6. The van der Waals surface area contributed by atoms with E-state index in [0.717, 1.165) is 50.8 Å². The molecule has 0 unspecified atom stereocenters. The van der Waals surface area contributed by atoms with Crippen LogP contribution in [0.15, 0.2) is 24.3 Å². The molecule has 1 heterocycles. The van der Waals surface area contributed by atoms with Crippen LogP contribution in [0.4, 0.5) is 0 Å². The quantitative estimate of drug-likeness (QED) is 0.586. The smallest absolute Gasteiger partial charge is 0.209 e. The number of nitrogens with one attached hydrogen (secondary N) is 2.